The molecule has 0 aliphatic heterocycles. The third-order valence-electron chi connectivity index (χ3n) is 3.70. The number of rotatable bonds is 4. The van der Waals surface area contributed by atoms with Crippen LogP contribution in [0.4, 0.5) is 0 Å². The summed E-state index contributed by atoms with van der Waals surface area (Å²) in [6, 6.07) is 0. The Balaban J connectivity index is 2.79. The molecule has 0 bridgehead atoms. The van der Waals surface area contributed by atoms with Crippen molar-refractivity contribution >= 4 is 16.0 Å². The SMILES string of the molecule is CC(C)(C)[SiH2]OC(C)(C)C1(C=O)CC=CCC1. The third-order valence-corrected chi connectivity index (χ3v) is 5.43. The number of hydrogen-bond donors (Lipinski definition) is 0. The van der Waals surface area contributed by atoms with E-state index in [9.17, 15) is 4.79 Å². The largest absolute Gasteiger partial charge is 0.418 e. The molecule has 0 aromatic heterocycles. The van der Waals surface area contributed by atoms with Crippen molar-refractivity contribution in [2.75, 3.05) is 0 Å². The van der Waals surface area contributed by atoms with Gasteiger partial charge in [-0.25, -0.2) is 0 Å². The zero-order valence-corrected chi connectivity index (χ0v) is 13.3. The summed E-state index contributed by atoms with van der Waals surface area (Å²) < 4.78 is 6.20. The second-order valence-corrected chi connectivity index (χ2v) is 9.55. The zero-order chi connectivity index (χ0) is 13.2. The average Bonchev–Trinajstić information content (AvgIpc) is 2.26. The standard InChI is InChI=1S/C14H26O2Si/c1-12(2,3)17-16-13(4,5)14(11-15)9-7-6-8-10-14/h6-7,11H,8-10,17H2,1-5H3. The van der Waals surface area contributed by atoms with Gasteiger partial charge in [0.15, 0.2) is 9.76 Å². The summed E-state index contributed by atoms with van der Waals surface area (Å²) in [6.07, 6.45) is 8.15. The maximum atomic E-state index is 11.6. The Morgan fingerprint density at radius 2 is 1.88 bits per heavy atom. The number of allylic oxidation sites excluding steroid dienone is 2. The van der Waals surface area contributed by atoms with Crippen LogP contribution in [0, 0.1) is 5.41 Å². The summed E-state index contributed by atoms with van der Waals surface area (Å²) in [6.45, 7) is 10.8. The van der Waals surface area contributed by atoms with Crippen LogP contribution in [0.5, 0.6) is 0 Å². The molecule has 1 unspecified atom stereocenters. The minimum atomic E-state index is -0.629. The first kappa shape index (κ1) is 14.6. The molecule has 0 saturated heterocycles. The van der Waals surface area contributed by atoms with Crippen molar-refractivity contribution in [1.82, 2.24) is 0 Å². The first-order valence-corrected chi connectivity index (χ1v) is 7.76. The summed E-state index contributed by atoms with van der Waals surface area (Å²) in [5.74, 6) is 0. The van der Waals surface area contributed by atoms with Gasteiger partial charge in [0.05, 0.1) is 11.0 Å². The lowest BCUT2D eigenvalue weighted by Crippen LogP contribution is -2.49. The van der Waals surface area contributed by atoms with Gasteiger partial charge >= 0.3 is 0 Å². The Hall–Kier alpha value is -0.413. The zero-order valence-electron chi connectivity index (χ0n) is 11.9. The highest BCUT2D eigenvalue weighted by Gasteiger charge is 2.45. The molecule has 0 spiro atoms. The van der Waals surface area contributed by atoms with E-state index in [0.29, 0.717) is 0 Å². The first-order chi connectivity index (χ1) is 7.72. The van der Waals surface area contributed by atoms with Crippen LogP contribution in [0.2, 0.25) is 5.04 Å². The number of hydrogen-bond acceptors (Lipinski definition) is 2. The second kappa shape index (κ2) is 5.07. The normalized spacial score (nSPS) is 26.6. The Labute approximate surface area is 108 Å². The van der Waals surface area contributed by atoms with Gasteiger partial charge in [-0.05, 0) is 38.1 Å². The van der Waals surface area contributed by atoms with Crippen molar-refractivity contribution in [3.8, 4) is 0 Å². The minimum absolute atomic E-state index is 0.270. The Kier molecular flexibility index (Phi) is 4.36. The van der Waals surface area contributed by atoms with Gasteiger partial charge in [-0.3, -0.25) is 0 Å². The van der Waals surface area contributed by atoms with Gasteiger partial charge in [-0.2, -0.15) is 0 Å². The molecule has 2 nitrogen and oxygen atoms in total. The van der Waals surface area contributed by atoms with Crippen molar-refractivity contribution in [2.45, 2.75) is 64.5 Å². The van der Waals surface area contributed by atoms with Gasteiger partial charge in [-0.1, -0.05) is 32.9 Å². The lowest BCUT2D eigenvalue weighted by atomic mass is 9.67. The fourth-order valence-electron chi connectivity index (χ4n) is 2.19. The molecular weight excluding hydrogens is 228 g/mol. The van der Waals surface area contributed by atoms with Gasteiger partial charge in [0.1, 0.15) is 6.29 Å². The van der Waals surface area contributed by atoms with Gasteiger partial charge in [0, 0.05) is 0 Å². The van der Waals surface area contributed by atoms with E-state index in [2.05, 4.69) is 46.8 Å². The summed E-state index contributed by atoms with van der Waals surface area (Å²) in [5.41, 5.74) is -0.654. The Bertz CT molecular complexity index is 302. The van der Waals surface area contributed by atoms with E-state index < -0.39 is 9.76 Å². The molecule has 17 heavy (non-hydrogen) atoms. The molecule has 0 radical (unpaired) electrons. The van der Waals surface area contributed by atoms with Crippen LogP contribution >= 0.6 is 0 Å². The van der Waals surface area contributed by atoms with Crippen molar-refractivity contribution in [1.29, 1.82) is 0 Å². The van der Waals surface area contributed by atoms with Crippen LogP contribution in [-0.4, -0.2) is 21.7 Å². The number of aldehydes is 1. The van der Waals surface area contributed by atoms with Gasteiger partial charge in [0.2, 0.25) is 0 Å². The average molecular weight is 254 g/mol. The van der Waals surface area contributed by atoms with Crippen LogP contribution < -0.4 is 0 Å². The summed E-state index contributed by atoms with van der Waals surface area (Å²) in [7, 11) is -0.629. The van der Waals surface area contributed by atoms with Gasteiger partial charge < -0.3 is 9.22 Å². The maximum Gasteiger partial charge on any atom is 0.167 e. The van der Waals surface area contributed by atoms with Gasteiger partial charge in [-0.15, -0.1) is 0 Å². The molecule has 0 aromatic carbocycles. The molecule has 98 valence electrons. The quantitative estimate of drug-likeness (QED) is 0.438. The van der Waals surface area contributed by atoms with E-state index in [-0.39, 0.29) is 16.1 Å². The highest BCUT2D eigenvalue weighted by Crippen LogP contribution is 2.43. The van der Waals surface area contributed by atoms with Gasteiger partial charge in [0.25, 0.3) is 0 Å². The lowest BCUT2D eigenvalue weighted by Gasteiger charge is -2.45. The fourth-order valence-corrected chi connectivity index (χ4v) is 3.27. The van der Waals surface area contributed by atoms with Crippen LogP contribution in [-0.2, 0) is 9.22 Å². The van der Waals surface area contributed by atoms with E-state index in [4.69, 9.17) is 4.43 Å². The molecular formula is C14H26O2Si. The van der Waals surface area contributed by atoms with E-state index in [1.807, 2.05) is 0 Å². The predicted molar refractivity (Wildman–Crippen MR) is 74.9 cm³/mol. The van der Waals surface area contributed by atoms with E-state index in [0.717, 1.165) is 25.5 Å². The molecule has 0 aromatic rings. The van der Waals surface area contributed by atoms with Crippen molar-refractivity contribution < 1.29 is 9.22 Å². The van der Waals surface area contributed by atoms with Crippen molar-refractivity contribution in [3.05, 3.63) is 12.2 Å². The van der Waals surface area contributed by atoms with Crippen LogP contribution in [0.15, 0.2) is 12.2 Å². The summed E-state index contributed by atoms with van der Waals surface area (Å²) in [4.78, 5) is 11.6. The molecule has 0 fully saturated rings. The summed E-state index contributed by atoms with van der Waals surface area (Å²) in [5, 5.41) is 0.270. The predicted octanol–water partition coefficient (Wildman–Crippen LogP) is 3.01. The molecule has 0 N–H and O–H groups in total. The second-order valence-electron chi connectivity index (χ2n) is 6.85. The van der Waals surface area contributed by atoms with E-state index in [1.54, 1.807) is 0 Å². The fraction of sp³-hybridized carbons (Fsp3) is 0.786. The van der Waals surface area contributed by atoms with Crippen LogP contribution in [0.25, 0.3) is 0 Å². The lowest BCUT2D eigenvalue weighted by molar-refractivity contribution is -0.129. The Morgan fingerprint density at radius 1 is 1.24 bits per heavy atom. The monoisotopic (exact) mass is 254 g/mol. The maximum absolute atomic E-state index is 11.6. The van der Waals surface area contributed by atoms with E-state index in [1.165, 1.54) is 0 Å². The molecule has 1 aliphatic carbocycles. The van der Waals surface area contributed by atoms with Crippen molar-refractivity contribution in [2.24, 2.45) is 5.41 Å². The topological polar surface area (TPSA) is 26.3 Å². The highest BCUT2D eigenvalue weighted by molar-refractivity contribution is 6.31. The molecule has 3 heteroatoms. The molecule has 0 saturated carbocycles. The minimum Gasteiger partial charge on any atom is -0.418 e. The molecule has 0 amide bonds. The Morgan fingerprint density at radius 3 is 2.29 bits per heavy atom. The van der Waals surface area contributed by atoms with Crippen LogP contribution in [0.3, 0.4) is 0 Å². The molecule has 0 heterocycles. The highest BCUT2D eigenvalue weighted by atomic mass is 28.2. The first-order valence-electron chi connectivity index (χ1n) is 6.48. The smallest absolute Gasteiger partial charge is 0.167 e. The summed E-state index contributed by atoms with van der Waals surface area (Å²) >= 11 is 0. The number of carbonyl (C=O) groups is 1. The number of carbonyl (C=O) groups excluding carboxylic acids is 1. The van der Waals surface area contributed by atoms with E-state index >= 15 is 0 Å². The van der Waals surface area contributed by atoms with Crippen molar-refractivity contribution in [3.63, 3.8) is 0 Å². The van der Waals surface area contributed by atoms with Crippen LogP contribution in [0.1, 0.15) is 53.9 Å². The third kappa shape index (κ3) is 3.52. The molecule has 1 atom stereocenters. The molecule has 1 aliphatic rings. The molecule has 1 rings (SSSR count).